The van der Waals surface area contributed by atoms with E-state index < -0.39 is 6.03 Å². The third-order valence-corrected chi connectivity index (χ3v) is 4.57. The fraction of sp³-hybridized carbons (Fsp3) is 0.706. The predicted octanol–water partition coefficient (Wildman–Crippen LogP) is -0.422. The summed E-state index contributed by atoms with van der Waals surface area (Å²) in [6, 6.07) is -0.561. The summed E-state index contributed by atoms with van der Waals surface area (Å²) in [5.41, 5.74) is 0. The van der Waals surface area contributed by atoms with E-state index in [1.165, 1.54) is 0 Å². The predicted molar refractivity (Wildman–Crippen MR) is 94.9 cm³/mol. The SMILES string of the molecule is C=CCNC(=O)NC(=O)CN1CCCC(CNC(=O)C2CCCN2)C1. The maximum absolute atomic E-state index is 12.1. The fourth-order valence-electron chi connectivity index (χ4n) is 3.32. The number of rotatable bonds is 7. The number of imide groups is 1. The van der Waals surface area contributed by atoms with Gasteiger partial charge in [-0.2, -0.15) is 0 Å². The van der Waals surface area contributed by atoms with E-state index in [2.05, 4.69) is 27.8 Å². The van der Waals surface area contributed by atoms with Gasteiger partial charge in [0, 0.05) is 19.6 Å². The molecule has 2 heterocycles. The average Bonchev–Trinajstić information content (AvgIpc) is 3.12. The van der Waals surface area contributed by atoms with Crippen LogP contribution in [0.25, 0.3) is 0 Å². The lowest BCUT2D eigenvalue weighted by molar-refractivity contribution is -0.124. The quantitative estimate of drug-likeness (QED) is 0.467. The lowest BCUT2D eigenvalue weighted by Gasteiger charge is -2.32. The highest BCUT2D eigenvalue weighted by Gasteiger charge is 2.25. The maximum atomic E-state index is 12.1. The zero-order valence-corrected chi connectivity index (χ0v) is 14.7. The lowest BCUT2D eigenvalue weighted by Crippen LogP contribution is -2.49. The molecule has 2 aliphatic rings. The third-order valence-electron chi connectivity index (χ3n) is 4.57. The molecule has 0 aromatic heterocycles. The largest absolute Gasteiger partial charge is 0.354 e. The van der Waals surface area contributed by atoms with Crippen LogP contribution in [-0.4, -0.2) is 68.1 Å². The summed E-state index contributed by atoms with van der Waals surface area (Å²) in [6.07, 6.45) is 5.52. The summed E-state index contributed by atoms with van der Waals surface area (Å²) in [5, 5.41) is 11.0. The second-order valence-electron chi connectivity index (χ2n) is 6.68. The highest BCUT2D eigenvalue weighted by atomic mass is 16.2. The molecule has 2 atom stereocenters. The number of nitrogens with zero attached hydrogens (tertiary/aromatic N) is 1. The molecule has 2 rings (SSSR count). The van der Waals surface area contributed by atoms with Gasteiger partial charge in [0.15, 0.2) is 0 Å². The Bertz CT molecular complexity index is 491. The normalized spacial score (nSPS) is 23.7. The molecule has 8 nitrogen and oxygen atoms in total. The summed E-state index contributed by atoms with van der Waals surface area (Å²) in [5.74, 6) is 0.0918. The molecule has 140 valence electrons. The molecule has 2 unspecified atom stereocenters. The first-order chi connectivity index (χ1) is 12.1. The van der Waals surface area contributed by atoms with Gasteiger partial charge >= 0.3 is 6.03 Å². The summed E-state index contributed by atoms with van der Waals surface area (Å²) in [6.45, 7) is 7.13. The molecule has 2 saturated heterocycles. The second kappa shape index (κ2) is 10.1. The Balaban J connectivity index is 1.67. The highest BCUT2D eigenvalue weighted by Crippen LogP contribution is 2.15. The minimum absolute atomic E-state index is 0.0560. The van der Waals surface area contributed by atoms with Crippen molar-refractivity contribution in [2.75, 3.05) is 39.3 Å². The molecule has 0 radical (unpaired) electrons. The number of likely N-dealkylation sites (tertiary alicyclic amines) is 1. The standard InChI is InChI=1S/C17H29N5O3/c1-2-7-19-17(25)21-15(23)12-22-9-4-5-13(11-22)10-20-16(24)14-6-3-8-18-14/h2,13-14,18H,1,3-12H2,(H,20,24)(H2,19,21,23,25). The molecular formula is C17H29N5O3. The van der Waals surface area contributed by atoms with Gasteiger partial charge in [-0.1, -0.05) is 6.08 Å². The molecule has 0 aliphatic carbocycles. The molecule has 0 spiro atoms. The van der Waals surface area contributed by atoms with Gasteiger partial charge in [0.25, 0.3) is 0 Å². The van der Waals surface area contributed by atoms with Crippen LogP contribution in [0.1, 0.15) is 25.7 Å². The summed E-state index contributed by atoms with van der Waals surface area (Å²) >= 11 is 0. The third kappa shape index (κ3) is 6.83. The van der Waals surface area contributed by atoms with E-state index in [4.69, 9.17) is 0 Å². The van der Waals surface area contributed by atoms with E-state index in [0.29, 0.717) is 19.0 Å². The molecular weight excluding hydrogens is 322 g/mol. The number of urea groups is 1. The second-order valence-corrected chi connectivity index (χ2v) is 6.68. The van der Waals surface area contributed by atoms with Crippen LogP contribution < -0.4 is 21.3 Å². The number of carbonyl (C=O) groups is 3. The Labute approximate surface area is 148 Å². The Morgan fingerprint density at radius 3 is 2.76 bits per heavy atom. The molecule has 0 saturated carbocycles. The molecule has 0 bridgehead atoms. The molecule has 0 aromatic rings. The lowest BCUT2D eigenvalue weighted by atomic mass is 9.98. The number of amides is 4. The van der Waals surface area contributed by atoms with E-state index in [1.54, 1.807) is 6.08 Å². The smallest absolute Gasteiger partial charge is 0.321 e. The van der Waals surface area contributed by atoms with Gasteiger partial charge in [0.1, 0.15) is 0 Å². The first kappa shape index (κ1) is 19.4. The van der Waals surface area contributed by atoms with Gasteiger partial charge in [0.05, 0.1) is 12.6 Å². The Morgan fingerprint density at radius 2 is 2.04 bits per heavy atom. The van der Waals surface area contributed by atoms with Crippen molar-refractivity contribution < 1.29 is 14.4 Å². The van der Waals surface area contributed by atoms with Crippen molar-refractivity contribution in [1.29, 1.82) is 0 Å². The summed E-state index contributed by atoms with van der Waals surface area (Å²) in [7, 11) is 0. The molecule has 25 heavy (non-hydrogen) atoms. The summed E-state index contributed by atoms with van der Waals surface area (Å²) < 4.78 is 0. The highest BCUT2D eigenvalue weighted by molar-refractivity contribution is 5.95. The van der Waals surface area contributed by atoms with Crippen molar-refractivity contribution in [1.82, 2.24) is 26.2 Å². The monoisotopic (exact) mass is 351 g/mol. The Kier molecular flexibility index (Phi) is 7.87. The van der Waals surface area contributed by atoms with Crippen LogP contribution in [0.5, 0.6) is 0 Å². The van der Waals surface area contributed by atoms with E-state index in [9.17, 15) is 14.4 Å². The maximum Gasteiger partial charge on any atom is 0.321 e. The van der Waals surface area contributed by atoms with Crippen molar-refractivity contribution >= 4 is 17.8 Å². The number of nitrogens with one attached hydrogen (secondary N) is 4. The van der Waals surface area contributed by atoms with Crippen molar-refractivity contribution in [2.45, 2.75) is 31.7 Å². The minimum atomic E-state index is -0.505. The number of piperidine rings is 1. The molecule has 4 N–H and O–H groups in total. The molecule has 2 aliphatic heterocycles. The molecule has 8 heteroatoms. The fourth-order valence-corrected chi connectivity index (χ4v) is 3.32. The van der Waals surface area contributed by atoms with E-state index in [0.717, 1.165) is 45.3 Å². The number of hydrogen-bond acceptors (Lipinski definition) is 5. The van der Waals surface area contributed by atoms with Crippen LogP contribution in [0.3, 0.4) is 0 Å². The van der Waals surface area contributed by atoms with Gasteiger partial charge in [0.2, 0.25) is 11.8 Å². The number of hydrogen-bond donors (Lipinski definition) is 4. The van der Waals surface area contributed by atoms with Crippen LogP contribution >= 0.6 is 0 Å². The first-order valence-corrected chi connectivity index (χ1v) is 9.00. The Hall–Kier alpha value is -1.93. The van der Waals surface area contributed by atoms with Gasteiger partial charge in [-0.15, -0.1) is 6.58 Å². The first-order valence-electron chi connectivity index (χ1n) is 9.00. The zero-order valence-electron chi connectivity index (χ0n) is 14.7. The molecule has 0 aromatic carbocycles. The average molecular weight is 351 g/mol. The van der Waals surface area contributed by atoms with Crippen LogP contribution in [0.4, 0.5) is 4.79 Å². The van der Waals surface area contributed by atoms with Gasteiger partial charge < -0.3 is 16.0 Å². The van der Waals surface area contributed by atoms with Crippen LogP contribution in [0.15, 0.2) is 12.7 Å². The number of carbonyl (C=O) groups excluding carboxylic acids is 3. The molecule has 4 amide bonds. The minimum Gasteiger partial charge on any atom is -0.354 e. The van der Waals surface area contributed by atoms with Gasteiger partial charge in [-0.3, -0.25) is 19.8 Å². The van der Waals surface area contributed by atoms with Crippen molar-refractivity contribution in [2.24, 2.45) is 5.92 Å². The zero-order chi connectivity index (χ0) is 18.1. The van der Waals surface area contributed by atoms with Crippen molar-refractivity contribution in [3.05, 3.63) is 12.7 Å². The van der Waals surface area contributed by atoms with Gasteiger partial charge in [-0.25, -0.2) is 4.79 Å². The van der Waals surface area contributed by atoms with E-state index >= 15 is 0 Å². The molecule has 2 fully saturated rings. The van der Waals surface area contributed by atoms with Crippen molar-refractivity contribution in [3.63, 3.8) is 0 Å². The van der Waals surface area contributed by atoms with Crippen LogP contribution in [-0.2, 0) is 9.59 Å². The van der Waals surface area contributed by atoms with Gasteiger partial charge in [-0.05, 0) is 44.7 Å². The Morgan fingerprint density at radius 1 is 1.20 bits per heavy atom. The van der Waals surface area contributed by atoms with Crippen LogP contribution in [0, 0.1) is 5.92 Å². The van der Waals surface area contributed by atoms with E-state index in [1.807, 2.05) is 4.90 Å². The van der Waals surface area contributed by atoms with E-state index in [-0.39, 0.29) is 24.4 Å². The van der Waals surface area contributed by atoms with Crippen molar-refractivity contribution in [3.8, 4) is 0 Å². The topological polar surface area (TPSA) is 103 Å². The van der Waals surface area contributed by atoms with Crippen LogP contribution in [0.2, 0.25) is 0 Å². The summed E-state index contributed by atoms with van der Waals surface area (Å²) in [4.78, 5) is 37.5.